The molecule has 0 amide bonds. The van der Waals surface area contributed by atoms with Gasteiger partial charge in [0.1, 0.15) is 22.3 Å². The van der Waals surface area contributed by atoms with Crippen LogP contribution in [0.5, 0.6) is 0 Å². The third-order valence-corrected chi connectivity index (χ3v) is 25.9. The van der Waals surface area contributed by atoms with E-state index in [-0.39, 0.29) is 0 Å². The lowest BCUT2D eigenvalue weighted by molar-refractivity contribution is 0.670. The van der Waals surface area contributed by atoms with Crippen LogP contribution in [0, 0.1) is 0 Å². The van der Waals surface area contributed by atoms with E-state index in [2.05, 4.69) is 468 Å². The standard InChI is InChI=1S/C58H36N2OS.C58H38N2O/c1-2-12-37(13-3-1)39-22-27-42(28-23-39)59(45-32-33-55-50(35-45)47-17-8-11-21-54(47)62-55)43-29-25-40(26-30-43)49-36-51-46-16-6-9-19-52(46)60(44-31-24-38-14-4-5-15-41(38)34-44)57(51)56-48-18-7-10-20-53(48)61-58(49)56;1-3-14-39(15-4-1)41-26-32-45(33-27-41)59(46-34-28-42(29-35-46)40-16-5-2-6-17-40)47-36-30-44(31-37-47)51-38-52-49-21-9-11-23-54(49)60(53-24-13-19-43-18-7-8-20-48(43)53)57(52)56-50-22-10-12-25-55(50)61-58(51)56/h1-36H;1-38H. The molecule has 25 aromatic rings. The summed E-state index contributed by atoms with van der Waals surface area (Å²) in [4.78, 5) is 4.71. The molecule has 0 unspecified atom stereocenters. The molecule has 0 radical (unpaired) electrons. The average molecular weight is 1590 g/mol. The smallest absolute Gasteiger partial charge is 0.145 e. The van der Waals surface area contributed by atoms with Crippen LogP contribution in [0.4, 0.5) is 34.1 Å². The van der Waals surface area contributed by atoms with Gasteiger partial charge in [-0.3, -0.25) is 0 Å². The zero-order valence-electron chi connectivity index (χ0n) is 66.7. The molecule has 0 saturated heterocycles. The van der Waals surface area contributed by atoms with E-state index < -0.39 is 0 Å². The summed E-state index contributed by atoms with van der Waals surface area (Å²) in [5.74, 6) is 0. The summed E-state index contributed by atoms with van der Waals surface area (Å²) in [6.45, 7) is 0. The zero-order chi connectivity index (χ0) is 81.0. The number of hydrogen-bond acceptors (Lipinski definition) is 5. The summed E-state index contributed by atoms with van der Waals surface area (Å²) in [6, 6.07) is 162. The number of furan rings is 2. The highest BCUT2D eigenvalue weighted by Crippen LogP contribution is 2.51. The SMILES string of the molecule is c1ccc(-c2ccc(N(c3ccc(-c4cc5c6ccccc6n(-c6ccc7ccccc7c6)c5c5c4oc4ccccc45)cc3)c3ccc4sc5ccccc5c4c3)cc2)cc1.c1ccc(-c2ccc(N(c3ccc(-c4ccccc4)cc3)c3ccc(-c4cc5c6ccccc6n(-c6cccc7ccccc67)c5c5c4oc4ccccc45)cc3)cc2)cc1. The van der Waals surface area contributed by atoms with Gasteiger partial charge in [-0.05, 0) is 200 Å². The van der Waals surface area contributed by atoms with Gasteiger partial charge in [-0.15, -0.1) is 11.3 Å². The van der Waals surface area contributed by atoms with Gasteiger partial charge in [0, 0.05) is 109 Å². The van der Waals surface area contributed by atoms with Crippen molar-refractivity contribution in [1.29, 1.82) is 0 Å². The second-order valence-electron chi connectivity index (χ2n) is 31.8. The fourth-order valence-corrected chi connectivity index (χ4v) is 20.1. The molecule has 5 aromatic heterocycles. The molecule has 25 rings (SSSR count). The monoisotopic (exact) mass is 1590 g/mol. The molecule has 0 atom stereocenters. The lowest BCUT2D eigenvalue weighted by atomic mass is 9.98. The molecule has 0 bridgehead atoms. The van der Waals surface area contributed by atoms with Crippen LogP contribution in [0.2, 0.25) is 0 Å². The van der Waals surface area contributed by atoms with E-state index in [9.17, 15) is 0 Å². The Morgan fingerprint density at radius 3 is 1.09 bits per heavy atom. The van der Waals surface area contributed by atoms with E-state index in [0.717, 1.165) is 123 Å². The first-order valence-corrected chi connectivity index (χ1v) is 42.7. The van der Waals surface area contributed by atoms with Gasteiger partial charge in [0.15, 0.2) is 0 Å². The van der Waals surface area contributed by atoms with Gasteiger partial charge in [0.25, 0.3) is 0 Å². The van der Waals surface area contributed by atoms with E-state index in [1.165, 1.54) is 108 Å². The minimum Gasteiger partial charge on any atom is -0.455 e. The molecule has 6 nitrogen and oxygen atoms in total. The van der Waals surface area contributed by atoms with Gasteiger partial charge in [0.2, 0.25) is 0 Å². The predicted octanol–water partition coefficient (Wildman–Crippen LogP) is 33.3. The maximum absolute atomic E-state index is 6.91. The van der Waals surface area contributed by atoms with E-state index >= 15 is 0 Å². The van der Waals surface area contributed by atoms with Crippen molar-refractivity contribution in [1.82, 2.24) is 9.13 Å². The van der Waals surface area contributed by atoms with Crippen molar-refractivity contribution in [3.05, 3.63) is 449 Å². The van der Waals surface area contributed by atoms with Crippen LogP contribution in [0.1, 0.15) is 0 Å². The van der Waals surface area contributed by atoms with Gasteiger partial charge in [-0.2, -0.15) is 0 Å². The Morgan fingerprint density at radius 2 is 0.577 bits per heavy atom. The molecule has 0 saturated carbocycles. The Kier molecular flexibility index (Phi) is 17.0. The molecule has 7 heteroatoms. The maximum atomic E-state index is 6.91. The lowest BCUT2D eigenvalue weighted by Crippen LogP contribution is -2.09. The number of aromatic nitrogens is 2. The predicted molar refractivity (Wildman–Crippen MR) is 521 cm³/mol. The van der Waals surface area contributed by atoms with E-state index in [0.29, 0.717) is 0 Å². The fourth-order valence-electron chi connectivity index (χ4n) is 19.0. The molecule has 20 aromatic carbocycles. The molecular weight excluding hydrogens is 1510 g/mol. The highest BCUT2D eigenvalue weighted by atomic mass is 32.1. The van der Waals surface area contributed by atoms with E-state index in [1.54, 1.807) is 0 Å². The number of thiophene rings is 1. The average Bonchev–Trinajstić information content (AvgIpc) is 1.55. The molecule has 0 aliphatic rings. The normalized spacial score (nSPS) is 11.7. The van der Waals surface area contributed by atoms with Crippen molar-refractivity contribution in [2.24, 2.45) is 0 Å². The van der Waals surface area contributed by atoms with Crippen LogP contribution in [0.25, 0.3) is 196 Å². The number of para-hydroxylation sites is 4. The van der Waals surface area contributed by atoms with Gasteiger partial charge < -0.3 is 27.8 Å². The molecule has 123 heavy (non-hydrogen) atoms. The van der Waals surface area contributed by atoms with E-state index in [4.69, 9.17) is 8.83 Å². The summed E-state index contributed by atoms with van der Waals surface area (Å²) in [6.07, 6.45) is 0. The fraction of sp³-hybridized carbons (Fsp3) is 0. The van der Waals surface area contributed by atoms with Gasteiger partial charge in [-0.1, -0.05) is 309 Å². The molecule has 0 spiro atoms. The first-order chi connectivity index (χ1) is 61.0. The highest BCUT2D eigenvalue weighted by Gasteiger charge is 2.27. The number of hydrogen-bond donors (Lipinski definition) is 0. The highest BCUT2D eigenvalue weighted by molar-refractivity contribution is 7.25. The van der Waals surface area contributed by atoms with Crippen LogP contribution in [-0.2, 0) is 0 Å². The van der Waals surface area contributed by atoms with Crippen molar-refractivity contribution >= 4 is 175 Å². The topological polar surface area (TPSA) is 42.6 Å². The summed E-state index contributed by atoms with van der Waals surface area (Å²) in [5.41, 5.74) is 28.5. The molecule has 5 heterocycles. The molecular formula is C116H74N4O2S. The first-order valence-electron chi connectivity index (χ1n) is 41.9. The van der Waals surface area contributed by atoms with Gasteiger partial charge >= 0.3 is 0 Å². The van der Waals surface area contributed by atoms with Gasteiger partial charge in [-0.25, -0.2) is 0 Å². The summed E-state index contributed by atoms with van der Waals surface area (Å²) < 4.78 is 21.3. The Hall–Kier alpha value is -16.1. The second kappa shape index (κ2) is 29.5. The number of rotatable bonds is 13. The zero-order valence-corrected chi connectivity index (χ0v) is 67.6. The third-order valence-electron chi connectivity index (χ3n) is 24.7. The quantitative estimate of drug-likeness (QED) is 0.115. The number of fused-ring (bicyclic) bond motifs is 19. The van der Waals surface area contributed by atoms with Crippen molar-refractivity contribution < 1.29 is 8.83 Å². The van der Waals surface area contributed by atoms with Crippen LogP contribution in [0.15, 0.2) is 458 Å². The Bertz CT molecular complexity index is 8310. The van der Waals surface area contributed by atoms with Crippen LogP contribution >= 0.6 is 11.3 Å². The second-order valence-corrected chi connectivity index (χ2v) is 32.8. The van der Waals surface area contributed by atoms with Crippen molar-refractivity contribution in [2.45, 2.75) is 0 Å². The first kappa shape index (κ1) is 71.1. The van der Waals surface area contributed by atoms with E-state index in [1.807, 2.05) is 11.3 Å². The molecule has 0 aliphatic carbocycles. The Balaban J connectivity index is 0.000000139. The van der Waals surface area contributed by atoms with Crippen LogP contribution in [0.3, 0.4) is 0 Å². The lowest BCUT2D eigenvalue weighted by Gasteiger charge is -2.26. The van der Waals surface area contributed by atoms with Crippen molar-refractivity contribution in [3.63, 3.8) is 0 Å². The summed E-state index contributed by atoms with van der Waals surface area (Å²) in [7, 11) is 0. The molecule has 0 fully saturated rings. The minimum absolute atomic E-state index is 0.877. The Morgan fingerprint density at radius 1 is 0.211 bits per heavy atom. The van der Waals surface area contributed by atoms with Crippen LogP contribution in [-0.4, -0.2) is 9.13 Å². The molecule has 0 N–H and O–H groups in total. The van der Waals surface area contributed by atoms with Crippen LogP contribution < -0.4 is 9.80 Å². The number of benzene rings is 20. The van der Waals surface area contributed by atoms with Crippen molar-refractivity contribution in [2.75, 3.05) is 9.80 Å². The molecule has 0 aliphatic heterocycles. The number of nitrogens with zero attached hydrogens (tertiary/aromatic N) is 4. The van der Waals surface area contributed by atoms with Crippen molar-refractivity contribution in [3.8, 4) is 67.0 Å². The maximum Gasteiger partial charge on any atom is 0.145 e. The van der Waals surface area contributed by atoms with Gasteiger partial charge in [0.05, 0.1) is 38.5 Å². The Labute approximate surface area is 713 Å². The summed E-state index contributed by atoms with van der Waals surface area (Å²) >= 11 is 1.85. The number of anilines is 6. The largest absolute Gasteiger partial charge is 0.455 e. The minimum atomic E-state index is 0.877. The third kappa shape index (κ3) is 12.1. The summed E-state index contributed by atoms with van der Waals surface area (Å²) in [5, 5.41) is 16.7. The molecule has 576 valence electrons.